The van der Waals surface area contributed by atoms with Crippen LogP contribution in [0.4, 0.5) is 0 Å². The minimum Gasteiger partial charge on any atom is -0.356 e. The molecular formula is C19H32N4O3. The number of rotatable bonds is 7. The van der Waals surface area contributed by atoms with Crippen molar-refractivity contribution in [1.29, 1.82) is 0 Å². The molecule has 7 heteroatoms. The highest BCUT2D eigenvalue weighted by Gasteiger charge is 2.37. The molecule has 0 aromatic rings. The first kappa shape index (κ1) is 20.4. The van der Waals surface area contributed by atoms with Crippen molar-refractivity contribution in [3.05, 3.63) is 11.4 Å². The molecule has 0 bridgehead atoms. The molecule has 0 aromatic heterocycles. The second kappa shape index (κ2) is 8.66. The summed E-state index contributed by atoms with van der Waals surface area (Å²) in [6, 6.07) is 0.212. The normalized spacial score (nSPS) is 25.2. The summed E-state index contributed by atoms with van der Waals surface area (Å²) in [5, 5.41) is 13.1. The van der Waals surface area contributed by atoms with Gasteiger partial charge >= 0.3 is 0 Å². The monoisotopic (exact) mass is 364 g/mol. The van der Waals surface area contributed by atoms with E-state index in [1.165, 1.54) is 4.90 Å². The molecule has 0 aliphatic carbocycles. The molecule has 0 spiro atoms. The van der Waals surface area contributed by atoms with E-state index in [0.717, 1.165) is 19.3 Å². The molecule has 2 aliphatic heterocycles. The van der Waals surface area contributed by atoms with E-state index in [9.17, 15) is 14.7 Å². The third-order valence-corrected chi connectivity index (χ3v) is 5.39. The van der Waals surface area contributed by atoms with Gasteiger partial charge in [0.2, 0.25) is 12.3 Å². The topological polar surface area (TPSA) is 85.2 Å². The van der Waals surface area contributed by atoms with E-state index in [1.807, 2.05) is 13.1 Å². The highest BCUT2D eigenvalue weighted by Crippen LogP contribution is 2.33. The highest BCUT2D eigenvalue weighted by atomic mass is 16.3. The van der Waals surface area contributed by atoms with E-state index in [-0.39, 0.29) is 29.7 Å². The average molecular weight is 364 g/mol. The van der Waals surface area contributed by atoms with Gasteiger partial charge in [-0.2, -0.15) is 0 Å². The van der Waals surface area contributed by atoms with Crippen molar-refractivity contribution in [2.24, 2.45) is 16.8 Å². The van der Waals surface area contributed by atoms with Crippen LogP contribution in [0.25, 0.3) is 0 Å². The summed E-state index contributed by atoms with van der Waals surface area (Å²) in [5.74, 6) is 0.827. The molecule has 2 amide bonds. The summed E-state index contributed by atoms with van der Waals surface area (Å²) in [4.78, 5) is 31.9. The van der Waals surface area contributed by atoms with Crippen LogP contribution in [-0.2, 0) is 9.59 Å². The first-order valence-corrected chi connectivity index (χ1v) is 9.51. The van der Waals surface area contributed by atoms with E-state index >= 15 is 0 Å². The van der Waals surface area contributed by atoms with E-state index in [0.29, 0.717) is 24.2 Å². The van der Waals surface area contributed by atoms with Gasteiger partial charge in [0, 0.05) is 38.7 Å². The van der Waals surface area contributed by atoms with Crippen molar-refractivity contribution in [1.82, 2.24) is 15.1 Å². The maximum Gasteiger partial charge on any atom is 0.256 e. The molecule has 0 fully saturated rings. The summed E-state index contributed by atoms with van der Waals surface area (Å²) in [5.41, 5.74) is 0.640. The van der Waals surface area contributed by atoms with Crippen molar-refractivity contribution in [3.8, 4) is 0 Å². The predicted octanol–water partition coefficient (Wildman–Crippen LogP) is 1.69. The van der Waals surface area contributed by atoms with E-state index in [4.69, 9.17) is 0 Å². The van der Waals surface area contributed by atoms with Gasteiger partial charge in [-0.3, -0.25) is 14.5 Å². The maximum absolute atomic E-state index is 12.5. The second-order valence-electron chi connectivity index (χ2n) is 7.59. The largest absolute Gasteiger partial charge is 0.356 e. The van der Waals surface area contributed by atoms with Gasteiger partial charge in [-0.05, 0) is 32.1 Å². The fourth-order valence-electron chi connectivity index (χ4n) is 3.57. The van der Waals surface area contributed by atoms with Gasteiger partial charge in [0.25, 0.3) is 5.91 Å². The lowest BCUT2D eigenvalue weighted by Gasteiger charge is -2.40. The molecule has 0 saturated heterocycles. The molecule has 2 aliphatic rings. The van der Waals surface area contributed by atoms with Crippen molar-refractivity contribution >= 4 is 18.0 Å². The molecule has 4 unspecified atom stereocenters. The molecule has 2 heterocycles. The molecule has 0 aromatic carbocycles. The lowest BCUT2D eigenvalue weighted by molar-refractivity contribution is -0.150. The van der Waals surface area contributed by atoms with Crippen molar-refractivity contribution in [3.63, 3.8) is 0 Å². The summed E-state index contributed by atoms with van der Waals surface area (Å²) in [6.07, 6.45) is 4.75. The first-order chi connectivity index (χ1) is 12.3. The van der Waals surface area contributed by atoms with Gasteiger partial charge in [-0.15, -0.1) is 0 Å². The van der Waals surface area contributed by atoms with Gasteiger partial charge in [0.15, 0.2) is 0 Å². The Bertz CT molecular complexity index is 602. The minimum atomic E-state index is -0.985. The van der Waals surface area contributed by atoms with Crippen LogP contribution in [0.1, 0.15) is 52.9 Å². The van der Waals surface area contributed by atoms with Crippen LogP contribution < -0.4 is 5.32 Å². The van der Waals surface area contributed by atoms with Crippen LogP contribution >= 0.6 is 0 Å². The number of hydrogen-bond acceptors (Lipinski definition) is 5. The number of amides is 2. The number of aliphatic hydroxyl groups is 1. The smallest absolute Gasteiger partial charge is 0.256 e. The number of hydrogen-bond donors (Lipinski definition) is 2. The van der Waals surface area contributed by atoms with Crippen LogP contribution in [0, 0.1) is 11.8 Å². The lowest BCUT2D eigenvalue weighted by atomic mass is 9.83. The average Bonchev–Trinajstić information content (AvgIpc) is 2.62. The van der Waals surface area contributed by atoms with E-state index < -0.39 is 6.35 Å². The molecule has 2 rings (SSSR count). The van der Waals surface area contributed by atoms with Crippen LogP contribution in [0.15, 0.2) is 16.4 Å². The van der Waals surface area contributed by atoms with Gasteiger partial charge in [0.05, 0.1) is 5.57 Å². The van der Waals surface area contributed by atoms with Gasteiger partial charge in [-0.1, -0.05) is 20.3 Å². The Hall–Kier alpha value is -1.89. The number of nitrogens with zero attached hydrogens (tertiary/aromatic N) is 3. The van der Waals surface area contributed by atoms with Gasteiger partial charge in [0.1, 0.15) is 5.82 Å². The molecule has 4 atom stereocenters. The van der Waals surface area contributed by atoms with Crippen LogP contribution in [0.3, 0.4) is 0 Å². The van der Waals surface area contributed by atoms with Crippen LogP contribution in [-0.4, -0.2) is 59.4 Å². The molecule has 0 radical (unpaired) electrons. The van der Waals surface area contributed by atoms with Crippen molar-refractivity contribution in [2.75, 3.05) is 14.1 Å². The Balaban J connectivity index is 1.92. The summed E-state index contributed by atoms with van der Waals surface area (Å²) in [7, 11) is 3.32. The number of nitrogens with one attached hydrogen (secondary N) is 1. The summed E-state index contributed by atoms with van der Waals surface area (Å²) >= 11 is 0. The molecule has 0 saturated carbocycles. The molecule has 146 valence electrons. The number of carbonyl (C=O) groups excluding carboxylic acids is 2. The Morgan fingerprint density at radius 3 is 2.69 bits per heavy atom. The third kappa shape index (κ3) is 4.44. The summed E-state index contributed by atoms with van der Waals surface area (Å²) < 4.78 is 0. The SMILES string of the molecule is CCCC(C)NC(=O)CCC(C)C1C=NC2=C(C1)C(=O)N(C)C(O)N2C. The van der Waals surface area contributed by atoms with Gasteiger partial charge < -0.3 is 15.3 Å². The predicted molar refractivity (Wildman–Crippen MR) is 101 cm³/mol. The Morgan fingerprint density at radius 2 is 2.04 bits per heavy atom. The van der Waals surface area contributed by atoms with E-state index in [1.54, 1.807) is 19.0 Å². The second-order valence-corrected chi connectivity index (χ2v) is 7.59. The number of aliphatic hydroxyl groups excluding tert-OH is 1. The zero-order valence-corrected chi connectivity index (χ0v) is 16.5. The Morgan fingerprint density at radius 1 is 1.35 bits per heavy atom. The molecular weight excluding hydrogens is 332 g/mol. The summed E-state index contributed by atoms with van der Waals surface area (Å²) in [6.45, 7) is 6.24. The zero-order chi connectivity index (χ0) is 19.4. The van der Waals surface area contributed by atoms with Crippen LogP contribution in [0.2, 0.25) is 0 Å². The third-order valence-electron chi connectivity index (χ3n) is 5.39. The Kier molecular flexibility index (Phi) is 6.81. The quantitative estimate of drug-likeness (QED) is 0.720. The van der Waals surface area contributed by atoms with Gasteiger partial charge in [-0.25, -0.2) is 4.99 Å². The molecule has 2 N–H and O–H groups in total. The Labute approximate surface area is 156 Å². The number of aliphatic imine (C=N–C) groups is 1. The number of likely N-dealkylation sites (N-methyl/N-ethyl adjacent to an activating group) is 1. The fraction of sp³-hybridized carbons (Fsp3) is 0.737. The molecule has 7 nitrogen and oxygen atoms in total. The van der Waals surface area contributed by atoms with Crippen LogP contribution in [0.5, 0.6) is 0 Å². The lowest BCUT2D eigenvalue weighted by Crippen LogP contribution is -2.52. The molecule has 26 heavy (non-hydrogen) atoms. The maximum atomic E-state index is 12.5. The highest BCUT2D eigenvalue weighted by molar-refractivity contribution is 5.96. The first-order valence-electron chi connectivity index (χ1n) is 9.51. The van der Waals surface area contributed by atoms with E-state index in [2.05, 4.69) is 24.2 Å². The standard InChI is InChI=1S/C19H32N4O3/c1-6-7-13(3)21-16(24)9-8-12(2)14-10-15-17(20-11-14)22(4)19(26)23(5)18(15)25/h11-14,19,26H,6-10H2,1-5H3,(H,21,24). The minimum absolute atomic E-state index is 0.0850. The van der Waals surface area contributed by atoms with Crippen molar-refractivity contribution < 1.29 is 14.7 Å². The fourth-order valence-corrected chi connectivity index (χ4v) is 3.57. The zero-order valence-electron chi connectivity index (χ0n) is 16.5. The number of carbonyl (C=O) groups is 2. The van der Waals surface area contributed by atoms with Crippen molar-refractivity contribution in [2.45, 2.75) is 65.3 Å².